The summed E-state index contributed by atoms with van der Waals surface area (Å²) < 4.78 is 31.2. The van der Waals surface area contributed by atoms with Gasteiger partial charge in [0.2, 0.25) is 10.0 Å². The van der Waals surface area contributed by atoms with Crippen LogP contribution in [-0.4, -0.2) is 43.4 Å². The van der Waals surface area contributed by atoms with Crippen molar-refractivity contribution in [1.29, 1.82) is 5.26 Å². The van der Waals surface area contributed by atoms with Crippen LogP contribution in [0, 0.1) is 11.3 Å². The Morgan fingerprint density at radius 2 is 1.88 bits per heavy atom. The van der Waals surface area contributed by atoms with Crippen molar-refractivity contribution in [2.45, 2.75) is 13.0 Å². The van der Waals surface area contributed by atoms with E-state index >= 15 is 0 Å². The quantitative estimate of drug-likeness (QED) is 0.436. The molecule has 10 nitrogen and oxygen atoms in total. The number of benzene rings is 1. The Balaban J connectivity index is 1.86. The number of nitrogens with zero attached hydrogens (tertiary/aromatic N) is 3. The number of anilines is 1. The number of carbonyl (C=O) groups is 3. The Labute approximate surface area is 192 Å². The zero-order chi connectivity index (χ0) is 23.5. The minimum atomic E-state index is -3.58. The highest BCUT2D eigenvalue weighted by molar-refractivity contribution is 9.10. The number of hydrogen-bond acceptors (Lipinski definition) is 7. The fourth-order valence-corrected chi connectivity index (χ4v) is 3.94. The van der Waals surface area contributed by atoms with Gasteiger partial charge in [0, 0.05) is 17.4 Å². The standard InChI is InChI=1S/C20H17BrN4O6S/c1-32(29,30)24(10-2-9-22)12-16-8-7-15(31-16)11-17-18(26)23-20(28)25(19(17)27)14-5-3-13(21)4-6-14/h3-8,11H,2,10,12H2,1H3,(H,23,26,28)/b17-11+. The van der Waals surface area contributed by atoms with Gasteiger partial charge in [-0.1, -0.05) is 15.9 Å². The molecule has 1 fully saturated rings. The maximum atomic E-state index is 12.9. The molecule has 166 valence electrons. The normalized spacial score (nSPS) is 15.9. The molecule has 1 aromatic heterocycles. The summed E-state index contributed by atoms with van der Waals surface area (Å²) in [5.41, 5.74) is -0.0478. The van der Waals surface area contributed by atoms with Crippen LogP contribution in [0.1, 0.15) is 17.9 Å². The van der Waals surface area contributed by atoms with Crippen LogP contribution in [0.5, 0.6) is 0 Å². The van der Waals surface area contributed by atoms with Gasteiger partial charge < -0.3 is 4.42 Å². The number of imide groups is 2. The second-order valence-electron chi connectivity index (χ2n) is 6.74. The van der Waals surface area contributed by atoms with Gasteiger partial charge in [-0.25, -0.2) is 18.1 Å². The molecule has 0 saturated carbocycles. The molecular weight excluding hydrogens is 504 g/mol. The van der Waals surface area contributed by atoms with E-state index in [4.69, 9.17) is 9.68 Å². The number of carbonyl (C=O) groups excluding carboxylic acids is 3. The molecule has 2 aromatic rings. The first-order chi connectivity index (χ1) is 15.1. The third-order valence-corrected chi connectivity index (χ3v) is 6.21. The molecule has 0 spiro atoms. The third-order valence-electron chi connectivity index (χ3n) is 4.43. The Kier molecular flexibility index (Phi) is 6.93. The van der Waals surface area contributed by atoms with Crippen LogP contribution < -0.4 is 10.2 Å². The van der Waals surface area contributed by atoms with Gasteiger partial charge in [0.25, 0.3) is 11.8 Å². The maximum Gasteiger partial charge on any atom is 0.335 e. The molecule has 2 heterocycles. The number of sulfonamides is 1. The third kappa shape index (κ3) is 5.31. The summed E-state index contributed by atoms with van der Waals surface area (Å²) in [6.45, 7) is -0.120. The van der Waals surface area contributed by atoms with Crippen LogP contribution in [0.2, 0.25) is 0 Å². The zero-order valence-corrected chi connectivity index (χ0v) is 19.1. The molecule has 4 amide bonds. The lowest BCUT2D eigenvalue weighted by Gasteiger charge is -2.26. The van der Waals surface area contributed by atoms with Crippen molar-refractivity contribution in [3.8, 4) is 6.07 Å². The van der Waals surface area contributed by atoms with Crippen LogP contribution in [0.3, 0.4) is 0 Å². The minimum absolute atomic E-state index is 0.00237. The lowest BCUT2D eigenvalue weighted by Crippen LogP contribution is -2.54. The lowest BCUT2D eigenvalue weighted by molar-refractivity contribution is -0.122. The first-order valence-electron chi connectivity index (χ1n) is 9.18. The van der Waals surface area contributed by atoms with E-state index in [2.05, 4.69) is 21.2 Å². The van der Waals surface area contributed by atoms with Gasteiger partial charge in [0.05, 0.1) is 24.6 Å². The number of halogens is 1. The Morgan fingerprint density at radius 3 is 2.50 bits per heavy atom. The summed E-state index contributed by atoms with van der Waals surface area (Å²) in [6, 6.07) is 10.4. The van der Waals surface area contributed by atoms with E-state index in [9.17, 15) is 22.8 Å². The first-order valence-corrected chi connectivity index (χ1v) is 11.8. The number of urea groups is 1. The van der Waals surface area contributed by atoms with Crippen molar-refractivity contribution in [1.82, 2.24) is 9.62 Å². The van der Waals surface area contributed by atoms with Gasteiger partial charge in [0.15, 0.2) is 0 Å². The summed E-state index contributed by atoms with van der Waals surface area (Å²) in [6.07, 6.45) is 2.22. The number of furan rings is 1. The van der Waals surface area contributed by atoms with E-state index in [1.165, 1.54) is 18.2 Å². The largest absolute Gasteiger partial charge is 0.460 e. The van der Waals surface area contributed by atoms with E-state index in [1.807, 2.05) is 6.07 Å². The molecule has 0 radical (unpaired) electrons. The van der Waals surface area contributed by atoms with Crippen molar-refractivity contribution < 1.29 is 27.2 Å². The number of amides is 4. The fraction of sp³-hybridized carbons (Fsp3) is 0.200. The smallest absolute Gasteiger partial charge is 0.335 e. The lowest BCUT2D eigenvalue weighted by atomic mass is 10.1. The van der Waals surface area contributed by atoms with Gasteiger partial charge in [-0.15, -0.1) is 0 Å². The predicted octanol–water partition coefficient (Wildman–Crippen LogP) is 2.38. The van der Waals surface area contributed by atoms with Crippen molar-refractivity contribution in [3.05, 3.63) is 58.0 Å². The molecule has 1 N–H and O–H groups in total. The summed E-state index contributed by atoms with van der Waals surface area (Å²) in [5, 5.41) is 10.8. The molecule has 1 aliphatic rings. The molecule has 0 bridgehead atoms. The molecule has 12 heteroatoms. The molecule has 3 rings (SSSR count). The number of barbiturate groups is 1. The van der Waals surface area contributed by atoms with Crippen molar-refractivity contribution in [2.24, 2.45) is 0 Å². The molecular formula is C20H17BrN4O6S. The average Bonchev–Trinajstić information content (AvgIpc) is 3.16. The summed E-state index contributed by atoms with van der Waals surface area (Å²) >= 11 is 3.27. The number of nitriles is 1. The molecule has 1 aromatic carbocycles. The number of hydrogen-bond donors (Lipinski definition) is 1. The molecule has 1 aliphatic heterocycles. The Morgan fingerprint density at radius 1 is 1.19 bits per heavy atom. The predicted molar refractivity (Wildman–Crippen MR) is 117 cm³/mol. The molecule has 0 unspecified atom stereocenters. The monoisotopic (exact) mass is 520 g/mol. The van der Waals surface area contributed by atoms with Gasteiger partial charge in [-0.2, -0.15) is 9.57 Å². The SMILES string of the molecule is CS(=O)(=O)N(CCC#N)Cc1ccc(/C=C2\C(=O)NC(=O)N(c3ccc(Br)cc3)C2=O)o1. The van der Waals surface area contributed by atoms with E-state index in [0.717, 1.165) is 19.9 Å². The maximum absolute atomic E-state index is 12.9. The topological polar surface area (TPSA) is 141 Å². The minimum Gasteiger partial charge on any atom is -0.460 e. The molecule has 1 saturated heterocycles. The Hall–Kier alpha value is -3.27. The Bertz CT molecular complexity index is 1240. The highest BCUT2D eigenvalue weighted by Gasteiger charge is 2.37. The second kappa shape index (κ2) is 9.47. The van der Waals surface area contributed by atoms with Crippen LogP contribution in [0.25, 0.3) is 6.08 Å². The van der Waals surface area contributed by atoms with E-state index < -0.39 is 27.9 Å². The van der Waals surface area contributed by atoms with E-state index in [0.29, 0.717) is 0 Å². The fourth-order valence-electron chi connectivity index (χ4n) is 2.89. The molecule has 0 aliphatic carbocycles. The van der Waals surface area contributed by atoms with Crippen LogP contribution in [-0.2, 0) is 26.2 Å². The van der Waals surface area contributed by atoms with E-state index in [-0.39, 0.29) is 42.3 Å². The van der Waals surface area contributed by atoms with Gasteiger partial charge in [-0.3, -0.25) is 14.9 Å². The van der Waals surface area contributed by atoms with Crippen molar-refractivity contribution >= 4 is 55.6 Å². The second-order valence-corrected chi connectivity index (χ2v) is 9.64. The van der Waals surface area contributed by atoms with Crippen molar-refractivity contribution in [2.75, 3.05) is 17.7 Å². The summed E-state index contributed by atoms with van der Waals surface area (Å²) in [7, 11) is -3.58. The van der Waals surface area contributed by atoms with Crippen LogP contribution in [0.4, 0.5) is 10.5 Å². The highest BCUT2D eigenvalue weighted by Crippen LogP contribution is 2.24. The molecule has 32 heavy (non-hydrogen) atoms. The van der Waals surface area contributed by atoms with Gasteiger partial charge in [-0.05, 0) is 42.5 Å². The van der Waals surface area contributed by atoms with Gasteiger partial charge >= 0.3 is 6.03 Å². The number of nitrogens with one attached hydrogen (secondary N) is 1. The average molecular weight is 521 g/mol. The van der Waals surface area contributed by atoms with Crippen molar-refractivity contribution in [3.63, 3.8) is 0 Å². The van der Waals surface area contributed by atoms with Gasteiger partial charge in [0.1, 0.15) is 17.1 Å². The number of rotatable bonds is 7. The zero-order valence-electron chi connectivity index (χ0n) is 16.7. The van der Waals surface area contributed by atoms with Crippen LogP contribution >= 0.6 is 15.9 Å². The van der Waals surface area contributed by atoms with E-state index in [1.54, 1.807) is 24.3 Å². The summed E-state index contributed by atoms with van der Waals surface area (Å²) in [4.78, 5) is 38.2. The summed E-state index contributed by atoms with van der Waals surface area (Å²) in [5.74, 6) is -1.33. The molecule has 0 atom stereocenters. The highest BCUT2D eigenvalue weighted by atomic mass is 79.9. The van der Waals surface area contributed by atoms with Crippen LogP contribution in [0.15, 0.2) is 50.9 Å². The first kappa shape index (κ1) is 23.4.